The van der Waals surface area contributed by atoms with E-state index in [0.29, 0.717) is 0 Å². The summed E-state index contributed by atoms with van der Waals surface area (Å²) in [5.41, 5.74) is 0. The maximum absolute atomic E-state index is 3.73. The van der Waals surface area contributed by atoms with E-state index in [9.17, 15) is 0 Å². The summed E-state index contributed by atoms with van der Waals surface area (Å²) in [4.78, 5) is 0. The molecule has 0 bridgehead atoms. The molecule has 2 heteroatoms. The fourth-order valence-corrected chi connectivity index (χ4v) is 4.35. The number of nitrogens with one attached hydrogen (secondary N) is 1. The van der Waals surface area contributed by atoms with Gasteiger partial charge in [0.05, 0.1) is 0 Å². The van der Waals surface area contributed by atoms with E-state index in [1.54, 1.807) is 0 Å². The molecule has 0 aliphatic carbocycles. The lowest BCUT2D eigenvalue weighted by Gasteiger charge is -2.27. The summed E-state index contributed by atoms with van der Waals surface area (Å²) in [5.74, 6) is 3.81. The minimum Gasteiger partial charge on any atom is -0.314 e. The zero-order valence-electron chi connectivity index (χ0n) is 13.3. The Morgan fingerprint density at radius 1 is 1.00 bits per heavy atom. The molecule has 114 valence electrons. The van der Waals surface area contributed by atoms with Crippen LogP contribution in [0.2, 0.25) is 0 Å². The molecule has 1 saturated heterocycles. The van der Waals surface area contributed by atoms with Crippen LogP contribution in [0.1, 0.15) is 78.1 Å². The Bertz CT molecular complexity index is 190. The molecule has 1 nitrogen and oxygen atoms in total. The van der Waals surface area contributed by atoms with Gasteiger partial charge in [0, 0.05) is 6.04 Å². The summed E-state index contributed by atoms with van der Waals surface area (Å²) in [6.07, 6.45) is 14.3. The quantitative estimate of drug-likeness (QED) is 0.520. The van der Waals surface area contributed by atoms with Gasteiger partial charge < -0.3 is 5.32 Å². The van der Waals surface area contributed by atoms with Crippen molar-refractivity contribution in [3.8, 4) is 0 Å². The molecular formula is C17H35NS. The van der Waals surface area contributed by atoms with Crippen molar-refractivity contribution in [1.29, 1.82) is 0 Å². The van der Waals surface area contributed by atoms with Gasteiger partial charge in [-0.1, -0.05) is 52.4 Å². The standard InChI is InChI=1S/C17H35NS/c1-3-5-6-7-8-9-10-17(18-4-2)15-16-11-13-19-14-12-16/h16-18H,3-15H2,1-2H3. The van der Waals surface area contributed by atoms with Gasteiger partial charge in [0.2, 0.25) is 0 Å². The van der Waals surface area contributed by atoms with Gasteiger partial charge in [-0.15, -0.1) is 0 Å². The molecule has 0 amide bonds. The normalized spacial score (nSPS) is 18.6. The average Bonchev–Trinajstić information content (AvgIpc) is 2.44. The van der Waals surface area contributed by atoms with Gasteiger partial charge >= 0.3 is 0 Å². The van der Waals surface area contributed by atoms with Crippen LogP contribution in [0.25, 0.3) is 0 Å². The molecule has 0 aromatic rings. The lowest BCUT2D eigenvalue weighted by molar-refractivity contribution is 0.346. The van der Waals surface area contributed by atoms with E-state index < -0.39 is 0 Å². The van der Waals surface area contributed by atoms with Gasteiger partial charge in [-0.05, 0) is 49.7 Å². The van der Waals surface area contributed by atoms with Gasteiger partial charge in [0.25, 0.3) is 0 Å². The number of hydrogen-bond acceptors (Lipinski definition) is 2. The predicted octanol–water partition coefficient (Wildman–Crippen LogP) is 5.25. The topological polar surface area (TPSA) is 12.0 Å². The van der Waals surface area contributed by atoms with Crippen LogP contribution < -0.4 is 5.32 Å². The first-order valence-electron chi connectivity index (χ1n) is 8.68. The van der Waals surface area contributed by atoms with Crippen LogP contribution in [0.3, 0.4) is 0 Å². The fraction of sp³-hybridized carbons (Fsp3) is 1.00. The molecule has 1 heterocycles. The van der Waals surface area contributed by atoms with Crippen LogP contribution in [0.5, 0.6) is 0 Å². The molecule has 0 saturated carbocycles. The van der Waals surface area contributed by atoms with E-state index in [2.05, 4.69) is 30.9 Å². The summed E-state index contributed by atoms with van der Waals surface area (Å²) in [6.45, 7) is 5.69. The minimum atomic E-state index is 0.796. The van der Waals surface area contributed by atoms with E-state index >= 15 is 0 Å². The largest absolute Gasteiger partial charge is 0.314 e. The molecule has 1 aliphatic heterocycles. The number of rotatable bonds is 11. The highest BCUT2D eigenvalue weighted by Gasteiger charge is 2.18. The van der Waals surface area contributed by atoms with Crippen LogP contribution in [0, 0.1) is 5.92 Å². The van der Waals surface area contributed by atoms with Crippen LogP contribution in [0.4, 0.5) is 0 Å². The number of hydrogen-bond donors (Lipinski definition) is 1. The van der Waals surface area contributed by atoms with Crippen molar-refractivity contribution in [2.45, 2.75) is 84.1 Å². The second-order valence-corrected chi connectivity index (χ2v) is 7.33. The zero-order valence-corrected chi connectivity index (χ0v) is 14.1. The molecule has 1 rings (SSSR count). The van der Waals surface area contributed by atoms with Crippen molar-refractivity contribution < 1.29 is 0 Å². The van der Waals surface area contributed by atoms with E-state index in [1.807, 2.05) is 0 Å². The van der Waals surface area contributed by atoms with Gasteiger partial charge in [-0.25, -0.2) is 0 Å². The van der Waals surface area contributed by atoms with Gasteiger partial charge in [-0.2, -0.15) is 11.8 Å². The predicted molar refractivity (Wildman–Crippen MR) is 90.1 cm³/mol. The minimum absolute atomic E-state index is 0.796. The lowest BCUT2D eigenvalue weighted by Crippen LogP contribution is -2.32. The average molecular weight is 286 g/mol. The van der Waals surface area contributed by atoms with Crippen LogP contribution in [-0.4, -0.2) is 24.1 Å². The molecule has 0 radical (unpaired) electrons. The number of thioether (sulfide) groups is 1. The molecule has 1 N–H and O–H groups in total. The molecule has 1 aliphatic rings. The van der Waals surface area contributed by atoms with Crippen molar-refractivity contribution in [2.24, 2.45) is 5.92 Å². The molecule has 19 heavy (non-hydrogen) atoms. The molecule has 0 aromatic carbocycles. The summed E-state index contributed by atoms with van der Waals surface area (Å²) in [5, 5.41) is 3.73. The smallest absolute Gasteiger partial charge is 0.00695 e. The fourth-order valence-electron chi connectivity index (χ4n) is 3.15. The van der Waals surface area contributed by atoms with E-state index in [0.717, 1.165) is 18.5 Å². The van der Waals surface area contributed by atoms with Crippen LogP contribution >= 0.6 is 11.8 Å². The Balaban J connectivity index is 2.09. The lowest BCUT2D eigenvalue weighted by atomic mass is 9.91. The number of unbranched alkanes of at least 4 members (excludes halogenated alkanes) is 5. The third-order valence-corrected chi connectivity index (χ3v) is 5.41. The Morgan fingerprint density at radius 2 is 1.68 bits per heavy atom. The van der Waals surface area contributed by atoms with Crippen LogP contribution in [0.15, 0.2) is 0 Å². The summed E-state index contributed by atoms with van der Waals surface area (Å²) < 4.78 is 0. The first-order chi connectivity index (χ1) is 9.36. The van der Waals surface area contributed by atoms with Crippen molar-refractivity contribution in [1.82, 2.24) is 5.32 Å². The van der Waals surface area contributed by atoms with E-state index in [4.69, 9.17) is 0 Å². The summed E-state index contributed by atoms with van der Waals surface area (Å²) in [7, 11) is 0. The molecule has 1 fully saturated rings. The van der Waals surface area contributed by atoms with Gasteiger partial charge in [0.1, 0.15) is 0 Å². The van der Waals surface area contributed by atoms with Crippen molar-refractivity contribution >= 4 is 11.8 Å². The summed E-state index contributed by atoms with van der Waals surface area (Å²) in [6, 6.07) is 0.796. The summed E-state index contributed by atoms with van der Waals surface area (Å²) >= 11 is 2.15. The molecular weight excluding hydrogens is 250 g/mol. The Morgan fingerprint density at radius 3 is 2.37 bits per heavy atom. The van der Waals surface area contributed by atoms with Gasteiger partial charge in [0.15, 0.2) is 0 Å². The third-order valence-electron chi connectivity index (χ3n) is 4.36. The van der Waals surface area contributed by atoms with Crippen molar-refractivity contribution in [3.63, 3.8) is 0 Å². The zero-order chi connectivity index (χ0) is 13.8. The monoisotopic (exact) mass is 285 g/mol. The van der Waals surface area contributed by atoms with Crippen LogP contribution in [-0.2, 0) is 0 Å². The molecule has 1 atom stereocenters. The maximum atomic E-state index is 3.73. The molecule has 1 unspecified atom stereocenters. The first kappa shape index (κ1) is 17.4. The molecule has 0 spiro atoms. The van der Waals surface area contributed by atoms with Crippen molar-refractivity contribution in [2.75, 3.05) is 18.1 Å². The SMILES string of the molecule is CCCCCCCCC(CC1CCSCC1)NCC. The molecule has 0 aromatic heterocycles. The highest BCUT2D eigenvalue weighted by atomic mass is 32.2. The highest BCUT2D eigenvalue weighted by Crippen LogP contribution is 2.27. The van der Waals surface area contributed by atoms with Gasteiger partial charge in [-0.3, -0.25) is 0 Å². The van der Waals surface area contributed by atoms with E-state index in [1.165, 1.54) is 75.7 Å². The van der Waals surface area contributed by atoms with E-state index in [-0.39, 0.29) is 0 Å². The first-order valence-corrected chi connectivity index (χ1v) is 9.83. The Hall–Kier alpha value is 0.310. The third kappa shape index (κ3) is 8.96. The Kier molecular flexibility index (Phi) is 11.0. The maximum Gasteiger partial charge on any atom is 0.00695 e. The van der Waals surface area contributed by atoms with Crippen molar-refractivity contribution in [3.05, 3.63) is 0 Å². The second kappa shape index (κ2) is 12.1. The highest BCUT2D eigenvalue weighted by molar-refractivity contribution is 7.99. The second-order valence-electron chi connectivity index (χ2n) is 6.10. The Labute approximate surface area is 125 Å².